The molecule has 0 N–H and O–H groups in total. The van der Waals surface area contributed by atoms with Crippen molar-refractivity contribution in [2.45, 2.75) is 6.92 Å². The summed E-state index contributed by atoms with van der Waals surface area (Å²) in [6.45, 7) is 4.58. The van der Waals surface area contributed by atoms with Crippen LogP contribution in [0.2, 0.25) is 0 Å². The van der Waals surface area contributed by atoms with Gasteiger partial charge in [0.25, 0.3) is 5.91 Å². The van der Waals surface area contributed by atoms with Gasteiger partial charge in [0.15, 0.2) is 11.6 Å². The first kappa shape index (κ1) is 15.7. The first-order valence-electron chi connectivity index (χ1n) is 8.02. The predicted octanol–water partition coefficient (Wildman–Crippen LogP) is 1.39. The van der Waals surface area contributed by atoms with Crippen LogP contribution in [0.15, 0.2) is 36.7 Å². The minimum Gasteiger partial charge on any atom is -0.352 e. The van der Waals surface area contributed by atoms with E-state index in [9.17, 15) is 4.79 Å². The number of rotatable bonds is 3. The molecule has 4 heterocycles. The zero-order valence-electron chi connectivity index (χ0n) is 13.7. The molecular weight excluding hydrogens is 338 g/mol. The standard InChI is InChI=1S/C16H17N7OS/c1-12-15(25-20-17-12)16(24)23-10-8-22(9-11-23)14-5-4-13(18-19-14)21-6-2-3-7-21/h2-7H,8-11H2,1H3. The highest BCUT2D eigenvalue weighted by molar-refractivity contribution is 7.07. The maximum atomic E-state index is 12.5. The lowest BCUT2D eigenvalue weighted by atomic mass is 10.2. The van der Waals surface area contributed by atoms with Gasteiger partial charge in [-0.2, -0.15) is 0 Å². The number of anilines is 1. The molecule has 3 aromatic heterocycles. The molecule has 0 aliphatic carbocycles. The molecule has 1 aliphatic heterocycles. The van der Waals surface area contributed by atoms with Crippen LogP contribution in [0.3, 0.4) is 0 Å². The molecule has 1 amide bonds. The van der Waals surface area contributed by atoms with Crippen molar-refractivity contribution in [3.05, 3.63) is 47.2 Å². The van der Waals surface area contributed by atoms with Gasteiger partial charge < -0.3 is 14.4 Å². The summed E-state index contributed by atoms with van der Waals surface area (Å²) in [4.78, 5) is 17.1. The van der Waals surface area contributed by atoms with Crippen LogP contribution >= 0.6 is 11.5 Å². The van der Waals surface area contributed by atoms with Gasteiger partial charge in [-0.1, -0.05) is 4.49 Å². The average molecular weight is 355 g/mol. The van der Waals surface area contributed by atoms with Crippen LogP contribution in [0, 0.1) is 6.92 Å². The SMILES string of the molecule is Cc1nnsc1C(=O)N1CCN(c2ccc(-n3cccc3)nn2)CC1. The first-order chi connectivity index (χ1) is 12.2. The van der Waals surface area contributed by atoms with E-state index in [0.717, 1.165) is 36.3 Å². The molecule has 1 saturated heterocycles. The lowest BCUT2D eigenvalue weighted by Gasteiger charge is -2.34. The Kier molecular flexibility index (Phi) is 4.14. The molecule has 8 nitrogen and oxygen atoms in total. The van der Waals surface area contributed by atoms with E-state index in [1.54, 1.807) is 0 Å². The number of aryl methyl sites for hydroxylation is 1. The number of piperazine rings is 1. The summed E-state index contributed by atoms with van der Waals surface area (Å²) < 4.78 is 5.76. The Balaban J connectivity index is 1.40. The maximum absolute atomic E-state index is 12.5. The molecule has 0 aromatic carbocycles. The Morgan fingerprint density at radius 1 is 1.00 bits per heavy atom. The van der Waals surface area contributed by atoms with Crippen LogP contribution < -0.4 is 4.90 Å². The van der Waals surface area contributed by atoms with Crippen LogP contribution in [0.1, 0.15) is 15.4 Å². The number of carbonyl (C=O) groups is 1. The van der Waals surface area contributed by atoms with Gasteiger partial charge in [0, 0.05) is 38.6 Å². The second-order valence-electron chi connectivity index (χ2n) is 5.81. The minimum atomic E-state index is 0.0150. The molecule has 3 aromatic rings. The Morgan fingerprint density at radius 2 is 1.68 bits per heavy atom. The van der Waals surface area contributed by atoms with Gasteiger partial charge in [-0.05, 0) is 42.7 Å². The number of aromatic nitrogens is 5. The zero-order valence-corrected chi connectivity index (χ0v) is 14.6. The number of hydrogen-bond acceptors (Lipinski definition) is 7. The van der Waals surface area contributed by atoms with Gasteiger partial charge in [0.05, 0.1) is 5.69 Å². The second kappa shape index (κ2) is 6.60. The number of carbonyl (C=O) groups excluding carboxylic acids is 1. The predicted molar refractivity (Wildman–Crippen MR) is 94.1 cm³/mol. The third kappa shape index (κ3) is 3.10. The Bertz CT molecular complexity index is 851. The van der Waals surface area contributed by atoms with Gasteiger partial charge >= 0.3 is 0 Å². The Hall–Kier alpha value is -2.81. The third-order valence-electron chi connectivity index (χ3n) is 4.24. The molecule has 1 fully saturated rings. The molecule has 0 radical (unpaired) electrons. The van der Waals surface area contributed by atoms with Crippen molar-refractivity contribution in [1.82, 2.24) is 29.3 Å². The van der Waals surface area contributed by atoms with Crippen molar-refractivity contribution in [2.75, 3.05) is 31.1 Å². The lowest BCUT2D eigenvalue weighted by molar-refractivity contribution is 0.0750. The lowest BCUT2D eigenvalue weighted by Crippen LogP contribution is -2.49. The van der Waals surface area contributed by atoms with Crippen LogP contribution in [0.4, 0.5) is 5.82 Å². The summed E-state index contributed by atoms with van der Waals surface area (Å²) in [6.07, 6.45) is 3.87. The van der Waals surface area contributed by atoms with Crippen LogP contribution in [0.5, 0.6) is 0 Å². The Labute approximate surface area is 148 Å². The van der Waals surface area contributed by atoms with Gasteiger partial charge in [0.2, 0.25) is 0 Å². The van der Waals surface area contributed by atoms with E-state index in [4.69, 9.17) is 0 Å². The van der Waals surface area contributed by atoms with Crippen molar-refractivity contribution in [1.29, 1.82) is 0 Å². The number of nitrogens with zero attached hydrogens (tertiary/aromatic N) is 7. The van der Waals surface area contributed by atoms with Gasteiger partial charge in [-0.25, -0.2) is 0 Å². The van der Waals surface area contributed by atoms with E-state index in [-0.39, 0.29) is 5.91 Å². The van der Waals surface area contributed by atoms with Crippen LogP contribution in [-0.4, -0.2) is 61.3 Å². The van der Waals surface area contributed by atoms with Crippen LogP contribution in [-0.2, 0) is 0 Å². The van der Waals surface area contributed by atoms with E-state index in [0.29, 0.717) is 23.7 Å². The monoisotopic (exact) mass is 355 g/mol. The molecule has 0 bridgehead atoms. The van der Waals surface area contributed by atoms with Crippen molar-refractivity contribution in [2.24, 2.45) is 0 Å². The summed E-state index contributed by atoms with van der Waals surface area (Å²) in [5, 5.41) is 12.5. The molecule has 25 heavy (non-hydrogen) atoms. The summed E-state index contributed by atoms with van der Waals surface area (Å²) in [5.74, 6) is 1.63. The van der Waals surface area contributed by atoms with Gasteiger partial charge in [0.1, 0.15) is 4.88 Å². The smallest absolute Gasteiger partial charge is 0.267 e. The normalized spacial score (nSPS) is 14.8. The van der Waals surface area contributed by atoms with Gasteiger partial charge in [-0.3, -0.25) is 4.79 Å². The quantitative estimate of drug-likeness (QED) is 0.706. The molecule has 1 aliphatic rings. The van der Waals surface area contributed by atoms with E-state index in [1.807, 2.05) is 53.0 Å². The molecule has 9 heteroatoms. The average Bonchev–Trinajstić information content (AvgIpc) is 3.33. The highest BCUT2D eigenvalue weighted by Gasteiger charge is 2.25. The second-order valence-corrected chi connectivity index (χ2v) is 6.56. The van der Waals surface area contributed by atoms with Crippen molar-refractivity contribution < 1.29 is 4.79 Å². The fourth-order valence-electron chi connectivity index (χ4n) is 2.82. The molecule has 0 unspecified atom stereocenters. The van der Waals surface area contributed by atoms with Crippen molar-refractivity contribution in [3.63, 3.8) is 0 Å². The zero-order chi connectivity index (χ0) is 17.2. The largest absolute Gasteiger partial charge is 0.352 e. The van der Waals surface area contributed by atoms with Crippen molar-refractivity contribution >= 4 is 23.3 Å². The first-order valence-corrected chi connectivity index (χ1v) is 8.80. The fourth-order valence-corrected chi connectivity index (χ4v) is 3.45. The topological polar surface area (TPSA) is 80.0 Å². The van der Waals surface area contributed by atoms with E-state index < -0.39 is 0 Å². The molecule has 0 atom stereocenters. The molecule has 128 valence electrons. The maximum Gasteiger partial charge on any atom is 0.267 e. The molecule has 0 spiro atoms. The highest BCUT2D eigenvalue weighted by atomic mass is 32.1. The Morgan fingerprint density at radius 3 is 2.28 bits per heavy atom. The molecule has 0 saturated carbocycles. The highest BCUT2D eigenvalue weighted by Crippen LogP contribution is 2.17. The summed E-state index contributed by atoms with van der Waals surface area (Å²) >= 11 is 1.16. The number of amides is 1. The minimum absolute atomic E-state index is 0.0150. The van der Waals surface area contributed by atoms with E-state index in [2.05, 4.69) is 24.7 Å². The van der Waals surface area contributed by atoms with E-state index in [1.165, 1.54) is 0 Å². The fraction of sp³-hybridized carbons (Fsp3) is 0.312. The summed E-state index contributed by atoms with van der Waals surface area (Å²) in [7, 11) is 0. The molecule has 4 rings (SSSR count). The van der Waals surface area contributed by atoms with Crippen molar-refractivity contribution in [3.8, 4) is 5.82 Å². The molecular formula is C16H17N7OS. The van der Waals surface area contributed by atoms with E-state index >= 15 is 0 Å². The van der Waals surface area contributed by atoms with Crippen LogP contribution in [0.25, 0.3) is 5.82 Å². The summed E-state index contributed by atoms with van der Waals surface area (Å²) in [5.41, 5.74) is 0.698. The summed E-state index contributed by atoms with van der Waals surface area (Å²) in [6, 6.07) is 7.82. The van der Waals surface area contributed by atoms with Gasteiger partial charge in [-0.15, -0.1) is 15.3 Å². The third-order valence-corrected chi connectivity index (χ3v) is 5.06. The number of hydrogen-bond donors (Lipinski definition) is 0.